The molecule has 2 nitrogen and oxygen atoms in total. The van der Waals surface area contributed by atoms with Crippen LogP contribution in [0.5, 0.6) is 0 Å². The van der Waals surface area contributed by atoms with Gasteiger partial charge in [0.1, 0.15) is 11.3 Å². The second-order valence-electron chi connectivity index (χ2n) is 6.40. The van der Waals surface area contributed by atoms with Crippen LogP contribution in [0.15, 0.2) is 28.7 Å². The number of para-hydroxylation sites is 1. The molecule has 2 heteroatoms. The first-order valence-electron chi connectivity index (χ1n) is 7.87. The van der Waals surface area contributed by atoms with E-state index in [1.165, 1.54) is 36.6 Å². The van der Waals surface area contributed by atoms with Crippen molar-refractivity contribution in [2.45, 2.75) is 52.5 Å². The Morgan fingerprint density at radius 1 is 1.30 bits per heavy atom. The van der Waals surface area contributed by atoms with Crippen LogP contribution in [-0.4, -0.2) is 6.54 Å². The molecule has 2 aromatic rings. The fourth-order valence-corrected chi connectivity index (χ4v) is 3.40. The van der Waals surface area contributed by atoms with Crippen LogP contribution in [0.2, 0.25) is 0 Å². The Morgan fingerprint density at radius 2 is 2.05 bits per heavy atom. The van der Waals surface area contributed by atoms with E-state index in [0.29, 0.717) is 5.41 Å². The third kappa shape index (κ3) is 2.26. The molecule has 3 rings (SSSR count). The summed E-state index contributed by atoms with van der Waals surface area (Å²) < 4.78 is 6.05. The maximum atomic E-state index is 6.05. The first-order chi connectivity index (χ1) is 9.65. The largest absolute Gasteiger partial charge is 0.459 e. The zero-order valence-electron chi connectivity index (χ0n) is 12.8. The van der Waals surface area contributed by atoms with Crippen LogP contribution in [-0.2, 0) is 0 Å². The Hall–Kier alpha value is -1.28. The summed E-state index contributed by atoms with van der Waals surface area (Å²) in [5.41, 5.74) is 2.83. The molecular formula is C18H25NO. The molecule has 20 heavy (non-hydrogen) atoms. The van der Waals surface area contributed by atoms with Crippen LogP contribution in [0.25, 0.3) is 11.0 Å². The first-order valence-corrected chi connectivity index (χ1v) is 7.87. The van der Waals surface area contributed by atoms with E-state index in [2.05, 4.69) is 44.3 Å². The van der Waals surface area contributed by atoms with Crippen molar-refractivity contribution in [3.8, 4) is 0 Å². The minimum absolute atomic E-state index is 0.284. The standard InChI is InChI=1S/C18H25NO/c1-4-18(10-7-11-18)12-19-14(3)17-13(2)15-8-5-6-9-16(15)20-17/h5-6,8-9,14,19H,4,7,10-12H2,1-3H3. The Labute approximate surface area is 121 Å². The van der Waals surface area contributed by atoms with Crippen molar-refractivity contribution < 1.29 is 4.42 Å². The Bertz CT molecular complexity index is 589. The minimum Gasteiger partial charge on any atom is -0.459 e. The highest BCUT2D eigenvalue weighted by Gasteiger charge is 2.35. The van der Waals surface area contributed by atoms with E-state index in [0.717, 1.165) is 17.9 Å². The van der Waals surface area contributed by atoms with Gasteiger partial charge < -0.3 is 9.73 Å². The van der Waals surface area contributed by atoms with Gasteiger partial charge in [0, 0.05) is 11.9 Å². The molecule has 108 valence electrons. The summed E-state index contributed by atoms with van der Waals surface area (Å²) in [6, 6.07) is 8.59. The monoisotopic (exact) mass is 271 g/mol. The number of nitrogens with one attached hydrogen (secondary N) is 1. The minimum atomic E-state index is 0.284. The van der Waals surface area contributed by atoms with E-state index in [1.54, 1.807) is 0 Å². The summed E-state index contributed by atoms with van der Waals surface area (Å²) >= 11 is 0. The quantitative estimate of drug-likeness (QED) is 0.830. The fourth-order valence-electron chi connectivity index (χ4n) is 3.40. The lowest BCUT2D eigenvalue weighted by Gasteiger charge is -2.42. The normalized spacial score (nSPS) is 18.9. The maximum Gasteiger partial charge on any atom is 0.134 e. The van der Waals surface area contributed by atoms with E-state index in [4.69, 9.17) is 4.42 Å². The van der Waals surface area contributed by atoms with Crippen molar-refractivity contribution >= 4 is 11.0 Å². The summed E-state index contributed by atoms with van der Waals surface area (Å²) in [5.74, 6) is 1.09. The van der Waals surface area contributed by atoms with Gasteiger partial charge in [0.15, 0.2) is 0 Å². The summed E-state index contributed by atoms with van der Waals surface area (Å²) in [5, 5.41) is 4.94. The van der Waals surface area contributed by atoms with Crippen LogP contribution in [0.3, 0.4) is 0 Å². The number of hydrogen-bond acceptors (Lipinski definition) is 2. The van der Waals surface area contributed by atoms with E-state index in [9.17, 15) is 0 Å². The molecule has 0 aliphatic heterocycles. The van der Waals surface area contributed by atoms with Crippen molar-refractivity contribution in [1.82, 2.24) is 5.32 Å². The third-order valence-corrected chi connectivity index (χ3v) is 5.22. The molecular weight excluding hydrogens is 246 g/mol. The Morgan fingerprint density at radius 3 is 2.65 bits per heavy atom. The molecule has 1 aromatic heterocycles. The van der Waals surface area contributed by atoms with Crippen molar-refractivity contribution in [3.63, 3.8) is 0 Å². The molecule has 1 aromatic carbocycles. The number of hydrogen-bond donors (Lipinski definition) is 1. The molecule has 1 atom stereocenters. The second-order valence-corrected chi connectivity index (χ2v) is 6.40. The number of furan rings is 1. The lowest BCUT2D eigenvalue weighted by atomic mass is 9.67. The van der Waals surface area contributed by atoms with Crippen LogP contribution in [0.1, 0.15) is 56.9 Å². The maximum absolute atomic E-state index is 6.05. The summed E-state index contributed by atoms with van der Waals surface area (Å²) in [6.07, 6.45) is 5.43. The topological polar surface area (TPSA) is 25.2 Å². The van der Waals surface area contributed by atoms with Crippen LogP contribution < -0.4 is 5.32 Å². The van der Waals surface area contributed by atoms with Crippen LogP contribution in [0.4, 0.5) is 0 Å². The van der Waals surface area contributed by atoms with Gasteiger partial charge in [-0.1, -0.05) is 31.5 Å². The van der Waals surface area contributed by atoms with Crippen LogP contribution >= 0.6 is 0 Å². The molecule has 1 aliphatic rings. The van der Waals surface area contributed by atoms with Gasteiger partial charge in [0.2, 0.25) is 0 Å². The average molecular weight is 271 g/mol. The van der Waals surface area contributed by atoms with E-state index in [-0.39, 0.29) is 6.04 Å². The van der Waals surface area contributed by atoms with Gasteiger partial charge in [0.05, 0.1) is 6.04 Å². The predicted molar refractivity (Wildman–Crippen MR) is 83.9 cm³/mol. The summed E-state index contributed by atoms with van der Waals surface area (Å²) in [4.78, 5) is 0. The van der Waals surface area contributed by atoms with Crippen molar-refractivity contribution in [3.05, 3.63) is 35.6 Å². The SMILES string of the molecule is CCC1(CNC(C)c2oc3ccccc3c2C)CCC1. The average Bonchev–Trinajstić information content (AvgIpc) is 2.76. The zero-order chi connectivity index (χ0) is 14.2. The fraction of sp³-hybridized carbons (Fsp3) is 0.556. The van der Waals surface area contributed by atoms with Crippen molar-refractivity contribution in [1.29, 1.82) is 0 Å². The van der Waals surface area contributed by atoms with Gasteiger partial charge in [-0.25, -0.2) is 0 Å². The highest BCUT2D eigenvalue weighted by molar-refractivity contribution is 5.82. The van der Waals surface area contributed by atoms with Gasteiger partial charge in [-0.3, -0.25) is 0 Å². The van der Waals surface area contributed by atoms with E-state index in [1.807, 2.05) is 6.07 Å². The predicted octanol–water partition coefficient (Wildman–Crippen LogP) is 4.97. The van der Waals surface area contributed by atoms with E-state index < -0.39 is 0 Å². The molecule has 1 N–H and O–H groups in total. The molecule has 1 heterocycles. The Kier molecular flexibility index (Phi) is 3.59. The third-order valence-electron chi connectivity index (χ3n) is 5.22. The lowest BCUT2D eigenvalue weighted by Crippen LogP contribution is -2.40. The van der Waals surface area contributed by atoms with Gasteiger partial charge in [-0.05, 0) is 50.2 Å². The molecule has 0 saturated heterocycles. The van der Waals surface area contributed by atoms with Gasteiger partial charge >= 0.3 is 0 Å². The lowest BCUT2D eigenvalue weighted by molar-refractivity contribution is 0.118. The number of benzene rings is 1. The molecule has 1 saturated carbocycles. The highest BCUT2D eigenvalue weighted by atomic mass is 16.3. The van der Waals surface area contributed by atoms with E-state index >= 15 is 0 Å². The number of rotatable bonds is 5. The molecule has 0 bridgehead atoms. The van der Waals surface area contributed by atoms with Crippen molar-refractivity contribution in [2.75, 3.05) is 6.54 Å². The number of fused-ring (bicyclic) bond motifs is 1. The molecule has 1 unspecified atom stereocenters. The van der Waals surface area contributed by atoms with Gasteiger partial charge in [-0.2, -0.15) is 0 Å². The molecule has 0 spiro atoms. The highest BCUT2D eigenvalue weighted by Crippen LogP contribution is 2.43. The zero-order valence-corrected chi connectivity index (χ0v) is 12.8. The van der Waals surface area contributed by atoms with Crippen molar-refractivity contribution in [2.24, 2.45) is 5.41 Å². The second kappa shape index (κ2) is 5.25. The van der Waals surface area contributed by atoms with Gasteiger partial charge in [-0.15, -0.1) is 0 Å². The molecule has 1 fully saturated rings. The number of aryl methyl sites for hydroxylation is 1. The Balaban J connectivity index is 1.75. The molecule has 0 radical (unpaired) electrons. The molecule has 1 aliphatic carbocycles. The summed E-state index contributed by atoms with van der Waals surface area (Å²) in [7, 11) is 0. The summed E-state index contributed by atoms with van der Waals surface area (Å²) in [6.45, 7) is 7.81. The smallest absolute Gasteiger partial charge is 0.134 e. The first kappa shape index (κ1) is 13.7. The van der Waals surface area contributed by atoms with Gasteiger partial charge in [0.25, 0.3) is 0 Å². The molecule has 0 amide bonds. The van der Waals surface area contributed by atoms with Crippen LogP contribution in [0, 0.1) is 12.3 Å².